The predicted molar refractivity (Wildman–Crippen MR) is 48.2 cm³/mol. The fraction of sp³-hybridized carbons (Fsp3) is 0.400. The van der Waals surface area contributed by atoms with Crippen molar-refractivity contribution in [1.82, 2.24) is 0 Å². The van der Waals surface area contributed by atoms with Crippen LogP contribution in [0.25, 0.3) is 0 Å². The maximum atomic E-state index is 12.9. The molecule has 1 unspecified atom stereocenters. The molecule has 1 rings (SSSR count). The summed E-state index contributed by atoms with van der Waals surface area (Å²) in [5.41, 5.74) is 0.681. The van der Waals surface area contributed by atoms with Crippen LogP contribution in [0, 0.1) is 5.82 Å². The molecule has 1 aromatic rings. The first kappa shape index (κ1) is 9.99. The van der Waals surface area contributed by atoms with E-state index >= 15 is 0 Å². The van der Waals surface area contributed by atoms with E-state index in [-0.39, 0.29) is 5.75 Å². The average Bonchev–Trinajstić information content (AvgIpc) is 2.17. The smallest absolute Gasteiger partial charge is 0.165 e. The number of aliphatic hydroxyl groups is 1. The molecule has 1 aromatic carbocycles. The molecule has 0 saturated heterocycles. The zero-order chi connectivity index (χ0) is 9.84. The first-order valence-corrected chi connectivity index (χ1v) is 4.20. The van der Waals surface area contributed by atoms with Crippen LogP contribution in [0.2, 0.25) is 0 Å². The Morgan fingerprint density at radius 2 is 2.23 bits per heavy atom. The summed E-state index contributed by atoms with van der Waals surface area (Å²) in [4.78, 5) is 0. The molecule has 0 aliphatic heterocycles. The highest BCUT2D eigenvalue weighted by Crippen LogP contribution is 2.23. The quantitative estimate of drug-likeness (QED) is 0.780. The van der Waals surface area contributed by atoms with Gasteiger partial charge in [0.1, 0.15) is 0 Å². The fourth-order valence-electron chi connectivity index (χ4n) is 1.12. The number of hydrogen-bond acceptors (Lipinski definition) is 2. The van der Waals surface area contributed by atoms with E-state index in [2.05, 4.69) is 0 Å². The van der Waals surface area contributed by atoms with Crippen LogP contribution in [0.15, 0.2) is 18.2 Å². The highest BCUT2D eigenvalue weighted by molar-refractivity contribution is 5.31. The summed E-state index contributed by atoms with van der Waals surface area (Å²) < 4.78 is 17.7. The average molecular weight is 184 g/mol. The van der Waals surface area contributed by atoms with Crippen molar-refractivity contribution < 1.29 is 14.2 Å². The molecule has 0 saturated carbocycles. The zero-order valence-corrected chi connectivity index (χ0v) is 7.75. The van der Waals surface area contributed by atoms with Crippen LogP contribution in [0.4, 0.5) is 4.39 Å². The lowest BCUT2D eigenvalue weighted by Crippen LogP contribution is -1.97. The molecule has 0 aliphatic rings. The summed E-state index contributed by atoms with van der Waals surface area (Å²) in [5, 5.41) is 9.46. The number of benzene rings is 1. The molecule has 1 atom stereocenters. The molecule has 0 spiro atoms. The lowest BCUT2D eigenvalue weighted by Gasteiger charge is -2.09. The lowest BCUT2D eigenvalue weighted by atomic mass is 10.1. The summed E-state index contributed by atoms with van der Waals surface area (Å²) in [6, 6.07) is 4.38. The number of ether oxygens (including phenoxy) is 1. The number of halogens is 1. The second-order valence-corrected chi connectivity index (χ2v) is 2.82. The van der Waals surface area contributed by atoms with E-state index in [0.717, 1.165) is 0 Å². The van der Waals surface area contributed by atoms with Crippen molar-refractivity contribution in [1.29, 1.82) is 0 Å². The van der Waals surface area contributed by atoms with E-state index < -0.39 is 11.9 Å². The summed E-state index contributed by atoms with van der Waals surface area (Å²) in [6.07, 6.45) is 0.0592. The third-order valence-electron chi connectivity index (χ3n) is 1.95. The minimum absolute atomic E-state index is 0.171. The topological polar surface area (TPSA) is 29.5 Å². The normalized spacial score (nSPS) is 12.6. The number of hydrogen-bond donors (Lipinski definition) is 1. The lowest BCUT2D eigenvalue weighted by molar-refractivity contribution is 0.173. The summed E-state index contributed by atoms with van der Waals surface area (Å²) >= 11 is 0. The van der Waals surface area contributed by atoms with Gasteiger partial charge >= 0.3 is 0 Å². The van der Waals surface area contributed by atoms with E-state index in [0.29, 0.717) is 12.0 Å². The Labute approximate surface area is 77.0 Å². The van der Waals surface area contributed by atoms with Gasteiger partial charge in [-0.3, -0.25) is 0 Å². The van der Waals surface area contributed by atoms with Gasteiger partial charge in [0.05, 0.1) is 13.2 Å². The molecular formula is C10H13FO2. The van der Waals surface area contributed by atoms with Crippen LogP contribution in [-0.2, 0) is 0 Å². The Hall–Kier alpha value is -1.09. The monoisotopic (exact) mass is 184 g/mol. The summed E-state index contributed by atoms with van der Waals surface area (Å²) in [7, 11) is 1.40. The third-order valence-corrected chi connectivity index (χ3v) is 1.95. The molecular weight excluding hydrogens is 171 g/mol. The van der Waals surface area contributed by atoms with Gasteiger partial charge in [0.25, 0.3) is 0 Å². The predicted octanol–water partition coefficient (Wildman–Crippen LogP) is 2.28. The Balaban J connectivity index is 2.99. The van der Waals surface area contributed by atoms with Gasteiger partial charge in [0, 0.05) is 0 Å². The van der Waals surface area contributed by atoms with Gasteiger partial charge in [0.2, 0.25) is 0 Å². The molecule has 72 valence electrons. The molecule has 0 bridgehead atoms. The molecule has 0 aliphatic carbocycles. The van der Waals surface area contributed by atoms with Crippen LogP contribution in [0.5, 0.6) is 5.75 Å². The maximum absolute atomic E-state index is 12.9. The van der Waals surface area contributed by atoms with Crippen molar-refractivity contribution in [2.24, 2.45) is 0 Å². The van der Waals surface area contributed by atoms with E-state index in [1.54, 1.807) is 6.07 Å². The Morgan fingerprint density at radius 1 is 1.54 bits per heavy atom. The van der Waals surface area contributed by atoms with Crippen molar-refractivity contribution in [2.75, 3.05) is 7.11 Å². The van der Waals surface area contributed by atoms with Crippen LogP contribution in [0.1, 0.15) is 25.0 Å². The largest absolute Gasteiger partial charge is 0.494 e. The Bertz CT molecular complexity index is 286. The second kappa shape index (κ2) is 4.23. The molecule has 0 heterocycles. The second-order valence-electron chi connectivity index (χ2n) is 2.82. The van der Waals surface area contributed by atoms with Gasteiger partial charge < -0.3 is 9.84 Å². The molecule has 3 heteroatoms. The SMILES string of the molecule is CCC(O)c1ccc(F)c(OC)c1. The van der Waals surface area contributed by atoms with Gasteiger partial charge in [-0.2, -0.15) is 0 Å². The zero-order valence-electron chi connectivity index (χ0n) is 7.75. The van der Waals surface area contributed by atoms with Crippen molar-refractivity contribution in [2.45, 2.75) is 19.4 Å². The van der Waals surface area contributed by atoms with Crippen LogP contribution in [-0.4, -0.2) is 12.2 Å². The van der Waals surface area contributed by atoms with Crippen LogP contribution in [0.3, 0.4) is 0 Å². The van der Waals surface area contributed by atoms with Crippen LogP contribution < -0.4 is 4.74 Å². The molecule has 2 nitrogen and oxygen atoms in total. The van der Waals surface area contributed by atoms with Crippen molar-refractivity contribution >= 4 is 0 Å². The number of aliphatic hydroxyl groups excluding tert-OH is 1. The van der Waals surface area contributed by atoms with Gasteiger partial charge in [-0.25, -0.2) is 4.39 Å². The minimum Gasteiger partial charge on any atom is -0.494 e. The minimum atomic E-state index is -0.547. The van der Waals surface area contributed by atoms with E-state index in [4.69, 9.17) is 4.74 Å². The Kier molecular flexibility index (Phi) is 3.25. The molecule has 13 heavy (non-hydrogen) atoms. The van der Waals surface area contributed by atoms with E-state index in [1.807, 2.05) is 6.92 Å². The van der Waals surface area contributed by atoms with Gasteiger partial charge in [-0.15, -0.1) is 0 Å². The van der Waals surface area contributed by atoms with E-state index in [1.165, 1.54) is 19.2 Å². The summed E-state index contributed by atoms with van der Waals surface area (Å²) in [5.74, 6) is -0.237. The molecule has 0 fully saturated rings. The van der Waals surface area contributed by atoms with Gasteiger partial charge in [0.15, 0.2) is 11.6 Å². The number of methoxy groups -OCH3 is 1. The van der Waals surface area contributed by atoms with Gasteiger partial charge in [-0.1, -0.05) is 13.0 Å². The van der Waals surface area contributed by atoms with Gasteiger partial charge in [-0.05, 0) is 24.1 Å². The van der Waals surface area contributed by atoms with Crippen molar-refractivity contribution in [3.05, 3.63) is 29.6 Å². The third kappa shape index (κ3) is 2.18. The number of rotatable bonds is 3. The van der Waals surface area contributed by atoms with Crippen molar-refractivity contribution in [3.63, 3.8) is 0 Å². The van der Waals surface area contributed by atoms with E-state index in [9.17, 15) is 9.50 Å². The standard InChI is InChI=1S/C10H13FO2/c1-3-9(12)7-4-5-8(11)10(6-7)13-2/h4-6,9,12H,3H2,1-2H3. The molecule has 0 aromatic heterocycles. The first-order valence-electron chi connectivity index (χ1n) is 4.20. The molecule has 0 amide bonds. The van der Waals surface area contributed by atoms with Crippen molar-refractivity contribution in [3.8, 4) is 5.75 Å². The van der Waals surface area contributed by atoms with Crippen LogP contribution >= 0.6 is 0 Å². The fourth-order valence-corrected chi connectivity index (χ4v) is 1.12. The Morgan fingerprint density at radius 3 is 2.77 bits per heavy atom. The molecule has 1 N–H and O–H groups in total. The highest BCUT2D eigenvalue weighted by Gasteiger charge is 2.08. The maximum Gasteiger partial charge on any atom is 0.165 e. The highest BCUT2D eigenvalue weighted by atomic mass is 19.1. The summed E-state index contributed by atoms with van der Waals surface area (Å²) in [6.45, 7) is 1.86. The first-order chi connectivity index (χ1) is 6.19. The molecule has 0 radical (unpaired) electrons.